The zero-order valence-corrected chi connectivity index (χ0v) is 10.5. The Kier molecular flexibility index (Phi) is 4.49. The molecule has 0 aromatic heterocycles. The Morgan fingerprint density at radius 3 is 2.31 bits per heavy atom. The van der Waals surface area contributed by atoms with Crippen molar-refractivity contribution in [1.29, 1.82) is 0 Å². The van der Waals surface area contributed by atoms with E-state index in [0.717, 1.165) is 4.47 Å². The number of methoxy groups -OCH3 is 1. The Bertz CT molecular complexity index is 385. The zero-order valence-electron chi connectivity index (χ0n) is 8.90. The van der Waals surface area contributed by atoms with E-state index >= 15 is 0 Å². The highest BCUT2D eigenvalue weighted by Gasteiger charge is 2.18. The van der Waals surface area contributed by atoms with Gasteiger partial charge in [-0.2, -0.15) is 0 Å². The van der Waals surface area contributed by atoms with Crippen LogP contribution in [0, 0.1) is 0 Å². The minimum absolute atomic E-state index is 0.388. The SMILES string of the molecule is COC(=O)[C@@H](C)OC(=O)c1ccc(Br)cc1. The van der Waals surface area contributed by atoms with E-state index in [2.05, 4.69) is 20.7 Å². The second-order valence-electron chi connectivity index (χ2n) is 3.08. The molecule has 0 aliphatic carbocycles. The number of ether oxygens (including phenoxy) is 2. The van der Waals surface area contributed by atoms with Gasteiger partial charge < -0.3 is 9.47 Å². The maximum Gasteiger partial charge on any atom is 0.346 e. The topological polar surface area (TPSA) is 52.6 Å². The standard InChI is InChI=1S/C11H11BrO4/c1-7(10(13)15-2)16-11(14)8-3-5-9(12)6-4-8/h3-7H,1-2H3/t7-/m1/s1. The summed E-state index contributed by atoms with van der Waals surface area (Å²) in [7, 11) is 1.24. The van der Waals surface area contributed by atoms with Crippen molar-refractivity contribution in [3.05, 3.63) is 34.3 Å². The van der Waals surface area contributed by atoms with Gasteiger partial charge in [-0.15, -0.1) is 0 Å². The predicted molar refractivity (Wildman–Crippen MR) is 61.0 cm³/mol. The van der Waals surface area contributed by atoms with Gasteiger partial charge in [0.05, 0.1) is 12.7 Å². The molecule has 0 radical (unpaired) electrons. The number of halogens is 1. The smallest absolute Gasteiger partial charge is 0.346 e. The van der Waals surface area contributed by atoms with Crippen molar-refractivity contribution in [2.24, 2.45) is 0 Å². The van der Waals surface area contributed by atoms with E-state index in [0.29, 0.717) is 5.56 Å². The minimum atomic E-state index is -0.902. The van der Waals surface area contributed by atoms with Gasteiger partial charge in [-0.25, -0.2) is 9.59 Å². The normalized spacial score (nSPS) is 11.7. The Morgan fingerprint density at radius 1 is 1.25 bits per heavy atom. The van der Waals surface area contributed by atoms with Crippen LogP contribution in [0.25, 0.3) is 0 Å². The highest BCUT2D eigenvalue weighted by atomic mass is 79.9. The summed E-state index contributed by atoms with van der Waals surface area (Å²) < 4.78 is 10.2. The van der Waals surface area contributed by atoms with Crippen LogP contribution in [0.2, 0.25) is 0 Å². The molecule has 5 heteroatoms. The summed E-state index contributed by atoms with van der Waals surface area (Å²) in [5.41, 5.74) is 0.388. The molecule has 0 amide bonds. The minimum Gasteiger partial charge on any atom is -0.466 e. The summed E-state index contributed by atoms with van der Waals surface area (Å²) in [5, 5.41) is 0. The van der Waals surface area contributed by atoms with Crippen LogP contribution in [-0.2, 0) is 14.3 Å². The molecule has 1 atom stereocenters. The highest BCUT2D eigenvalue weighted by Crippen LogP contribution is 2.12. The Balaban J connectivity index is 2.65. The third-order valence-corrected chi connectivity index (χ3v) is 2.43. The number of esters is 2. The maximum absolute atomic E-state index is 11.5. The molecule has 0 aliphatic rings. The van der Waals surface area contributed by atoms with E-state index < -0.39 is 18.0 Å². The van der Waals surface area contributed by atoms with Gasteiger partial charge in [-0.3, -0.25) is 0 Å². The van der Waals surface area contributed by atoms with Crippen LogP contribution in [0.3, 0.4) is 0 Å². The first-order valence-corrected chi connectivity index (χ1v) is 5.38. The monoisotopic (exact) mass is 286 g/mol. The summed E-state index contributed by atoms with van der Waals surface area (Å²) in [6.07, 6.45) is -0.902. The number of carbonyl (C=O) groups excluding carboxylic acids is 2. The van der Waals surface area contributed by atoms with Crippen LogP contribution < -0.4 is 0 Å². The predicted octanol–water partition coefficient (Wildman–Crippen LogP) is 2.17. The van der Waals surface area contributed by atoms with Gasteiger partial charge in [0, 0.05) is 4.47 Å². The van der Waals surface area contributed by atoms with E-state index in [1.165, 1.54) is 14.0 Å². The van der Waals surface area contributed by atoms with Crippen LogP contribution in [0.5, 0.6) is 0 Å². The van der Waals surface area contributed by atoms with Crippen molar-refractivity contribution in [1.82, 2.24) is 0 Å². The lowest BCUT2D eigenvalue weighted by Crippen LogP contribution is -2.25. The molecule has 0 bridgehead atoms. The number of benzene rings is 1. The fourth-order valence-electron chi connectivity index (χ4n) is 1.03. The largest absolute Gasteiger partial charge is 0.466 e. The molecule has 86 valence electrons. The second-order valence-corrected chi connectivity index (χ2v) is 3.99. The molecule has 0 spiro atoms. The van der Waals surface area contributed by atoms with E-state index in [9.17, 15) is 9.59 Å². The Labute approximate surface area is 102 Å². The zero-order chi connectivity index (χ0) is 12.1. The first-order valence-electron chi connectivity index (χ1n) is 4.59. The lowest BCUT2D eigenvalue weighted by molar-refractivity contribution is -0.149. The van der Waals surface area contributed by atoms with Gasteiger partial charge in [0.2, 0.25) is 0 Å². The first kappa shape index (κ1) is 12.7. The third-order valence-electron chi connectivity index (χ3n) is 1.90. The van der Waals surface area contributed by atoms with Crippen molar-refractivity contribution >= 4 is 27.9 Å². The molecule has 1 rings (SSSR count). The van der Waals surface area contributed by atoms with Crippen LogP contribution in [0.1, 0.15) is 17.3 Å². The Hall–Kier alpha value is -1.36. The van der Waals surface area contributed by atoms with Crippen molar-refractivity contribution in [2.45, 2.75) is 13.0 Å². The molecular weight excluding hydrogens is 276 g/mol. The Morgan fingerprint density at radius 2 is 1.81 bits per heavy atom. The molecule has 0 saturated carbocycles. The van der Waals surface area contributed by atoms with Gasteiger partial charge in [-0.1, -0.05) is 15.9 Å². The number of hydrogen-bond acceptors (Lipinski definition) is 4. The summed E-state index contributed by atoms with van der Waals surface area (Å²) in [4.78, 5) is 22.6. The van der Waals surface area contributed by atoms with Crippen LogP contribution >= 0.6 is 15.9 Å². The van der Waals surface area contributed by atoms with E-state index in [-0.39, 0.29) is 0 Å². The molecule has 1 aromatic carbocycles. The summed E-state index contributed by atoms with van der Waals surface area (Å²) in [6, 6.07) is 6.66. The quantitative estimate of drug-likeness (QED) is 0.799. The summed E-state index contributed by atoms with van der Waals surface area (Å²) >= 11 is 3.25. The number of rotatable bonds is 3. The van der Waals surface area contributed by atoms with Gasteiger partial charge in [-0.05, 0) is 31.2 Å². The molecule has 0 aliphatic heterocycles. The van der Waals surface area contributed by atoms with Crippen LogP contribution in [0.4, 0.5) is 0 Å². The third kappa shape index (κ3) is 3.34. The molecular formula is C11H11BrO4. The fraction of sp³-hybridized carbons (Fsp3) is 0.273. The van der Waals surface area contributed by atoms with E-state index in [4.69, 9.17) is 4.74 Å². The maximum atomic E-state index is 11.5. The fourth-order valence-corrected chi connectivity index (χ4v) is 1.29. The van der Waals surface area contributed by atoms with Crippen molar-refractivity contribution in [3.8, 4) is 0 Å². The van der Waals surface area contributed by atoms with E-state index in [1.54, 1.807) is 24.3 Å². The molecule has 0 unspecified atom stereocenters. The average Bonchev–Trinajstić information content (AvgIpc) is 2.28. The van der Waals surface area contributed by atoms with Crippen molar-refractivity contribution < 1.29 is 19.1 Å². The summed E-state index contributed by atoms with van der Waals surface area (Å²) in [5.74, 6) is -1.13. The van der Waals surface area contributed by atoms with Gasteiger partial charge in [0.15, 0.2) is 6.10 Å². The molecule has 4 nitrogen and oxygen atoms in total. The average molecular weight is 287 g/mol. The molecule has 0 heterocycles. The lowest BCUT2D eigenvalue weighted by Gasteiger charge is -2.10. The van der Waals surface area contributed by atoms with Crippen LogP contribution in [-0.4, -0.2) is 25.2 Å². The van der Waals surface area contributed by atoms with Crippen LogP contribution in [0.15, 0.2) is 28.7 Å². The summed E-state index contributed by atoms with van der Waals surface area (Å²) in [6.45, 7) is 1.46. The molecule has 0 saturated heterocycles. The number of hydrogen-bond donors (Lipinski definition) is 0. The van der Waals surface area contributed by atoms with E-state index in [1.807, 2.05) is 0 Å². The van der Waals surface area contributed by atoms with Crippen molar-refractivity contribution in [3.63, 3.8) is 0 Å². The molecule has 16 heavy (non-hydrogen) atoms. The molecule has 1 aromatic rings. The van der Waals surface area contributed by atoms with Gasteiger partial charge in [0.1, 0.15) is 0 Å². The lowest BCUT2D eigenvalue weighted by atomic mass is 10.2. The molecule has 0 fully saturated rings. The molecule has 0 N–H and O–H groups in total. The van der Waals surface area contributed by atoms with Crippen molar-refractivity contribution in [2.75, 3.05) is 7.11 Å². The highest BCUT2D eigenvalue weighted by molar-refractivity contribution is 9.10. The number of carbonyl (C=O) groups is 2. The van der Waals surface area contributed by atoms with Gasteiger partial charge in [0.25, 0.3) is 0 Å². The first-order chi connectivity index (χ1) is 7.54. The second kappa shape index (κ2) is 5.65. The van der Waals surface area contributed by atoms with Gasteiger partial charge >= 0.3 is 11.9 Å².